The standard InChI is InChI=1S/C23H26ClN7S2.C4H8O/c1-22(5-6-22)29-33-15-11-16(14-3-9-30(2)10-4-14)17-18(24)26-19(31(17)12-15)20-27-28-21(32-20)23(13-25)7-8-23;1-4(2)3-5/h11-12,14,29H,3-10H2,1-2H3;3-4H,1-2H3. The molecule has 1 aliphatic heterocycles. The minimum Gasteiger partial charge on any atom is -0.306 e. The molecule has 0 spiro atoms. The van der Waals surface area contributed by atoms with E-state index in [1.54, 1.807) is 11.9 Å². The van der Waals surface area contributed by atoms with E-state index >= 15 is 0 Å². The topological polar surface area (TPSA) is 99.2 Å². The molecule has 3 aliphatic rings. The first-order valence-electron chi connectivity index (χ1n) is 13.2. The number of piperidine rings is 1. The molecule has 11 heteroatoms. The van der Waals surface area contributed by atoms with Gasteiger partial charge in [0.2, 0.25) is 0 Å². The summed E-state index contributed by atoms with van der Waals surface area (Å²) in [6.07, 6.45) is 9.37. The van der Waals surface area contributed by atoms with Gasteiger partial charge in [-0.2, -0.15) is 5.26 Å². The number of hydrogen-bond donors (Lipinski definition) is 1. The van der Waals surface area contributed by atoms with Crippen LogP contribution >= 0.6 is 34.9 Å². The van der Waals surface area contributed by atoms with Gasteiger partial charge in [0.15, 0.2) is 16.0 Å². The van der Waals surface area contributed by atoms with Crippen LogP contribution in [0.25, 0.3) is 16.3 Å². The van der Waals surface area contributed by atoms with Gasteiger partial charge in [-0.3, -0.25) is 9.12 Å². The van der Waals surface area contributed by atoms with Crippen LogP contribution in [-0.4, -0.2) is 56.4 Å². The van der Waals surface area contributed by atoms with E-state index in [0.717, 1.165) is 60.5 Å². The number of aromatic nitrogens is 4. The van der Waals surface area contributed by atoms with Gasteiger partial charge in [-0.15, -0.1) is 10.2 Å². The van der Waals surface area contributed by atoms with Crippen molar-refractivity contribution < 1.29 is 4.79 Å². The third kappa shape index (κ3) is 5.77. The molecule has 0 atom stereocenters. The van der Waals surface area contributed by atoms with Crippen molar-refractivity contribution in [1.29, 1.82) is 5.26 Å². The fourth-order valence-corrected chi connectivity index (χ4v) is 6.71. The van der Waals surface area contributed by atoms with E-state index in [1.165, 1.54) is 29.7 Å². The third-order valence-electron chi connectivity index (χ3n) is 7.53. The molecule has 1 saturated heterocycles. The number of likely N-dealkylation sites (tertiary alicyclic amines) is 1. The lowest BCUT2D eigenvalue weighted by Crippen LogP contribution is -2.29. The van der Waals surface area contributed by atoms with Gasteiger partial charge < -0.3 is 9.69 Å². The van der Waals surface area contributed by atoms with E-state index in [2.05, 4.69) is 56.5 Å². The molecular formula is C27H34ClN7OS2. The first-order valence-corrected chi connectivity index (χ1v) is 15.2. The Morgan fingerprint density at radius 3 is 2.53 bits per heavy atom. The Morgan fingerprint density at radius 1 is 1.26 bits per heavy atom. The molecule has 2 saturated carbocycles. The van der Waals surface area contributed by atoms with Crippen molar-refractivity contribution >= 4 is 46.7 Å². The number of pyridine rings is 1. The summed E-state index contributed by atoms with van der Waals surface area (Å²) >= 11 is 9.93. The molecule has 0 unspecified atom stereocenters. The lowest BCUT2D eigenvalue weighted by molar-refractivity contribution is -0.110. The molecule has 8 nitrogen and oxygen atoms in total. The molecular weight excluding hydrogens is 538 g/mol. The van der Waals surface area contributed by atoms with Crippen molar-refractivity contribution in [3.05, 3.63) is 28.0 Å². The second kappa shape index (κ2) is 10.9. The molecule has 0 amide bonds. The summed E-state index contributed by atoms with van der Waals surface area (Å²) in [6, 6.07) is 4.71. The molecule has 0 radical (unpaired) electrons. The number of imidazole rings is 1. The Balaban J connectivity index is 0.000000540. The summed E-state index contributed by atoms with van der Waals surface area (Å²) in [7, 11) is 2.18. The van der Waals surface area contributed by atoms with Gasteiger partial charge in [-0.1, -0.05) is 36.8 Å². The molecule has 202 valence electrons. The summed E-state index contributed by atoms with van der Waals surface area (Å²) < 4.78 is 5.74. The van der Waals surface area contributed by atoms with E-state index in [9.17, 15) is 10.1 Å². The fraction of sp³-hybridized carbons (Fsp3) is 0.593. The Morgan fingerprint density at radius 2 is 1.95 bits per heavy atom. The van der Waals surface area contributed by atoms with Gasteiger partial charge in [0.05, 0.1) is 11.6 Å². The summed E-state index contributed by atoms with van der Waals surface area (Å²) in [6.45, 7) is 8.14. The summed E-state index contributed by atoms with van der Waals surface area (Å²) in [4.78, 5) is 17.8. The number of nitrogens with one attached hydrogen (secondary N) is 1. The summed E-state index contributed by atoms with van der Waals surface area (Å²) in [5, 5.41) is 20.4. The fourth-order valence-electron chi connectivity index (χ4n) is 4.49. The van der Waals surface area contributed by atoms with Crippen LogP contribution in [0.3, 0.4) is 0 Å². The molecule has 0 aromatic carbocycles. The quantitative estimate of drug-likeness (QED) is 0.278. The maximum atomic E-state index is 9.56. The highest BCUT2D eigenvalue weighted by molar-refractivity contribution is 7.97. The second-order valence-electron chi connectivity index (χ2n) is 11.4. The molecule has 3 fully saturated rings. The van der Waals surface area contributed by atoms with Crippen LogP contribution in [-0.2, 0) is 10.2 Å². The van der Waals surface area contributed by atoms with Gasteiger partial charge in [0.1, 0.15) is 16.7 Å². The normalized spacial score (nSPS) is 20.1. The van der Waals surface area contributed by atoms with Gasteiger partial charge >= 0.3 is 0 Å². The molecule has 3 aromatic rings. The zero-order valence-electron chi connectivity index (χ0n) is 22.3. The largest absolute Gasteiger partial charge is 0.306 e. The zero-order valence-corrected chi connectivity index (χ0v) is 24.7. The number of halogens is 1. The molecule has 2 aliphatic carbocycles. The van der Waals surface area contributed by atoms with E-state index in [4.69, 9.17) is 16.6 Å². The van der Waals surface area contributed by atoms with Crippen LogP contribution in [0.5, 0.6) is 0 Å². The van der Waals surface area contributed by atoms with Crippen LogP contribution in [0.2, 0.25) is 5.15 Å². The van der Waals surface area contributed by atoms with Crippen molar-refractivity contribution in [2.75, 3.05) is 20.1 Å². The van der Waals surface area contributed by atoms with Crippen LogP contribution in [0, 0.1) is 17.2 Å². The molecule has 0 bridgehead atoms. The van der Waals surface area contributed by atoms with Crippen molar-refractivity contribution in [3.8, 4) is 16.9 Å². The van der Waals surface area contributed by atoms with Gasteiger partial charge in [0.25, 0.3) is 0 Å². The number of nitrogens with zero attached hydrogens (tertiary/aromatic N) is 6. The lowest BCUT2D eigenvalue weighted by Gasteiger charge is -2.30. The number of nitriles is 1. The number of carbonyl (C=O) groups excluding carboxylic acids is 1. The van der Waals surface area contributed by atoms with Crippen LogP contribution in [0.4, 0.5) is 0 Å². The average molecular weight is 572 g/mol. The lowest BCUT2D eigenvalue weighted by atomic mass is 9.89. The van der Waals surface area contributed by atoms with Gasteiger partial charge in [0, 0.05) is 22.5 Å². The monoisotopic (exact) mass is 571 g/mol. The number of rotatable bonds is 7. The highest BCUT2D eigenvalue weighted by atomic mass is 35.5. The van der Waals surface area contributed by atoms with E-state index in [0.29, 0.717) is 21.9 Å². The number of hydrogen-bond acceptors (Lipinski definition) is 9. The van der Waals surface area contributed by atoms with E-state index in [-0.39, 0.29) is 11.5 Å². The van der Waals surface area contributed by atoms with Crippen LogP contribution < -0.4 is 4.72 Å². The number of fused-ring (bicyclic) bond motifs is 1. The maximum Gasteiger partial charge on any atom is 0.184 e. The van der Waals surface area contributed by atoms with Gasteiger partial charge in [-0.25, -0.2) is 4.98 Å². The van der Waals surface area contributed by atoms with Crippen LogP contribution in [0.15, 0.2) is 17.2 Å². The molecule has 38 heavy (non-hydrogen) atoms. The zero-order chi connectivity index (χ0) is 27.1. The SMILES string of the molecule is CC(C)C=O.CN1CCC(c2cc(SNC3(C)CC3)cn3c(-c4nnc(C5(C#N)CC5)s4)nc(Cl)c23)CC1. The third-order valence-corrected chi connectivity index (χ3v) is 9.97. The first kappa shape index (κ1) is 27.5. The Bertz CT molecular complexity index is 1360. The molecule has 3 aromatic heterocycles. The highest BCUT2D eigenvalue weighted by Gasteiger charge is 2.48. The summed E-state index contributed by atoms with van der Waals surface area (Å²) in [5.41, 5.74) is 2.02. The Kier molecular flexibility index (Phi) is 7.87. The van der Waals surface area contributed by atoms with Gasteiger partial charge in [-0.05, 0) is 95.1 Å². The summed E-state index contributed by atoms with van der Waals surface area (Å²) in [5.74, 6) is 1.36. The average Bonchev–Trinajstić information content (AvgIpc) is 3.78. The van der Waals surface area contributed by atoms with E-state index < -0.39 is 5.41 Å². The maximum absolute atomic E-state index is 9.56. The van der Waals surface area contributed by atoms with E-state index in [1.807, 2.05) is 13.8 Å². The van der Waals surface area contributed by atoms with Crippen LogP contribution in [0.1, 0.15) is 75.8 Å². The Labute approximate surface area is 237 Å². The predicted molar refractivity (Wildman–Crippen MR) is 153 cm³/mol. The first-order chi connectivity index (χ1) is 18.2. The molecule has 6 rings (SSSR count). The minimum atomic E-state index is -0.448. The van der Waals surface area contributed by atoms with Crippen molar-refractivity contribution in [1.82, 2.24) is 29.2 Å². The van der Waals surface area contributed by atoms with Crippen molar-refractivity contribution in [2.45, 2.75) is 81.1 Å². The minimum absolute atomic E-state index is 0.204. The highest BCUT2D eigenvalue weighted by Crippen LogP contribution is 2.49. The Hall–Kier alpha value is -2.03. The smallest absolute Gasteiger partial charge is 0.184 e. The van der Waals surface area contributed by atoms with Crippen molar-refractivity contribution in [2.24, 2.45) is 5.92 Å². The molecule has 1 N–H and O–H groups in total. The predicted octanol–water partition coefficient (Wildman–Crippen LogP) is 5.86. The number of aldehydes is 1. The van der Waals surface area contributed by atoms with Crippen molar-refractivity contribution in [3.63, 3.8) is 0 Å². The second-order valence-corrected chi connectivity index (χ2v) is 13.6. The molecule has 4 heterocycles. The number of carbonyl (C=O) groups is 1.